The van der Waals surface area contributed by atoms with Gasteiger partial charge in [0.1, 0.15) is 24.9 Å². The van der Waals surface area contributed by atoms with E-state index in [9.17, 15) is 15.3 Å². The lowest BCUT2D eigenvalue weighted by atomic mass is 10.1. The highest BCUT2D eigenvalue weighted by atomic mass is 32.1. The van der Waals surface area contributed by atoms with Gasteiger partial charge >= 0.3 is 0 Å². The number of imidazole rings is 1. The van der Waals surface area contributed by atoms with Crippen molar-refractivity contribution in [3.8, 4) is 5.88 Å². The fraction of sp³-hybridized carbons (Fsp3) is 0.400. The monoisotopic (exact) mass is 379 g/mol. The van der Waals surface area contributed by atoms with Crippen LogP contribution in [0.15, 0.2) is 23.8 Å². The first-order valence-electron chi connectivity index (χ1n) is 7.86. The Morgan fingerprint density at radius 1 is 1.31 bits per heavy atom. The Bertz CT molecular complexity index is 901. The van der Waals surface area contributed by atoms with E-state index in [-0.39, 0.29) is 11.8 Å². The van der Waals surface area contributed by atoms with Crippen LogP contribution in [0.4, 0.5) is 5.95 Å². The van der Waals surface area contributed by atoms with E-state index in [1.54, 1.807) is 11.3 Å². The second-order valence-corrected chi connectivity index (χ2v) is 6.84. The molecule has 3 aromatic rings. The number of aliphatic hydroxyl groups is 3. The molecule has 4 rings (SSSR count). The quantitative estimate of drug-likeness (QED) is 0.467. The number of nitrogen functional groups attached to an aromatic ring is 1. The van der Waals surface area contributed by atoms with Gasteiger partial charge in [-0.05, 0) is 11.4 Å². The van der Waals surface area contributed by atoms with Crippen LogP contribution < -0.4 is 10.5 Å². The number of nitrogens with two attached hydrogens (primary N) is 1. The average Bonchev–Trinajstić information content (AvgIpc) is 3.34. The zero-order chi connectivity index (χ0) is 18.3. The molecule has 11 heteroatoms. The predicted molar refractivity (Wildman–Crippen MR) is 91.4 cm³/mol. The van der Waals surface area contributed by atoms with Crippen molar-refractivity contribution in [3.05, 3.63) is 28.7 Å². The van der Waals surface area contributed by atoms with Crippen LogP contribution in [0.25, 0.3) is 11.2 Å². The largest absolute Gasteiger partial charge is 0.470 e. The Kier molecular flexibility index (Phi) is 4.46. The van der Waals surface area contributed by atoms with E-state index in [4.69, 9.17) is 15.2 Å². The maximum Gasteiger partial charge on any atom is 0.247 e. The van der Waals surface area contributed by atoms with Crippen molar-refractivity contribution < 1.29 is 24.8 Å². The molecule has 0 aromatic carbocycles. The topological polar surface area (TPSA) is 149 Å². The molecule has 1 aliphatic heterocycles. The first-order valence-corrected chi connectivity index (χ1v) is 8.74. The molecule has 0 unspecified atom stereocenters. The predicted octanol–water partition coefficient (Wildman–Crippen LogP) is -0.339. The Balaban J connectivity index is 1.67. The van der Waals surface area contributed by atoms with Crippen LogP contribution in [0.1, 0.15) is 11.1 Å². The molecule has 26 heavy (non-hydrogen) atoms. The number of anilines is 1. The van der Waals surface area contributed by atoms with Gasteiger partial charge in [0, 0.05) is 4.88 Å². The van der Waals surface area contributed by atoms with Crippen LogP contribution in [0.5, 0.6) is 5.88 Å². The number of nitrogens with zero attached hydrogens (tertiary/aromatic N) is 4. The summed E-state index contributed by atoms with van der Waals surface area (Å²) < 4.78 is 12.7. The van der Waals surface area contributed by atoms with Crippen LogP contribution in [0.2, 0.25) is 0 Å². The molecule has 0 amide bonds. The van der Waals surface area contributed by atoms with E-state index < -0.39 is 31.1 Å². The molecule has 0 saturated carbocycles. The summed E-state index contributed by atoms with van der Waals surface area (Å²) in [5.41, 5.74) is 6.44. The van der Waals surface area contributed by atoms with Gasteiger partial charge in [0.05, 0.1) is 12.9 Å². The maximum atomic E-state index is 10.2. The normalized spacial score (nSPS) is 25.8. The van der Waals surface area contributed by atoms with Crippen LogP contribution in [-0.2, 0) is 11.3 Å². The highest BCUT2D eigenvalue weighted by Gasteiger charge is 2.44. The number of ether oxygens (including phenoxy) is 2. The minimum Gasteiger partial charge on any atom is -0.470 e. The van der Waals surface area contributed by atoms with Crippen molar-refractivity contribution in [3.63, 3.8) is 0 Å². The van der Waals surface area contributed by atoms with Crippen LogP contribution in [-0.4, -0.2) is 59.8 Å². The summed E-state index contributed by atoms with van der Waals surface area (Å²) in [6.45, 7) is -0.114. The maximum absolute atomic E-state index is 10.2. The van der Waals surface area contributed by atoms with Gasteiger partial charge in [0.2, 0.25) is 11.8 Å². The van der Waals surface area contributed by atoms with Gasteiger partial charge in [-0.3, -0.25) is 4.57 Å². The Labute approximate surface area is 151 Å². The van der Waals surface area contributed by atoms with Crippen LogP contribution >= 0.6 is 11.3 Å². The Morgan fingerprint density at radius 3 is 2.85 bits per heavy atom. The molecule has 4 atom stereocenters. The van der Waals surface area contributed by atoms with Crippen molar-refractivity contribution in [2.75, 3.05) is 12.3 Å². The average molecular weight is 379 g/mol. The molecule has 1 aliphatic rings. The number of hydrogen-bond acceptors (Lipinski definition) is 10. The SMILES string of the molecule is Nc1nc(OCc2cccs2)c2ncn([C@@H]3O[C@H](CO)[C@@H](O)[C@H]3O)c2n1. The fourth-order valence-electron chi connectivity index (χ4n) is 2.84. The smallest absolute Gasteiger partial charge is 0.247 e. The molecule has 0 aliphatic carbocycles. The zero-order valence-electron chi connectivity index (χ0n) is 13.5. The first-order chi connectivity index (χ1) is 12.6. The van der Waals surface area contributed by atoms with Gasteiger partial charge in [-0.1, -0.05) is 6.07 Å². The third-order valence-electron chi connectivity index (χ3n) is 4.13. The second kappa shape index (κ2) is 6.78. The summed E-state index contributed by atoms with van der Waals surface area (Å²) >= 11 is 1.55. The summed E-state index contributed by atoms with van der Waals surface area (Å²) in [7, 11) is 0. The first kappa shape index (κ1) is 17.1. The standard InChI is InChI=1S/C15H17N5O5S/c16-15-18-12-9(13(19-15)24-5-7-2-1-3-26-7)17-6-20(12)14-11(23)10(22)8(4-21)25-14/h1-3,6,8,10-11,14,21-23H,4-5H2,(H2,16,18,19)/t8-,10-,11-,14-/m1/s1. The van der Waals surface area contributed by atoms with E-state index in [0.29, 0.717) is 17.8 Å². The molecule has 1 saturated heterocycles. The zero-order valence-corrected chi connectivity index (χ0v) is 14.3. The Hall–Kier alpha value is -2.31. The molecule has 0 bridgehead atoms. The molecule has 0 spiro atoms. The molecular weight excluding hydrogens is 362 g/mol. The lowest BCUT2D eigenvalue weighted by molar-refractivity contribution is -0.0511. The molecule has 1 fully saturated rings. The van der Waals surface area contributed by atoms with E-state index in [1.165, 1.54) is 10.9 Å². The van der Waals surface area contributed by atoms with Gasteiger partial charge in [0.15, 0.2) is 17.4 Å². The molecular formula is C15H17N5O5S. The van der Waals surface area contributed by atoms with Gasteiger partial charge in [0.25, 0.3) is 0 Å². The highest BCUT2D eigenvalue weighted by molar-refractivity contribution is 7.09. The van der Waals surface area contributed by atoms with Crippen molar-refractivity contribution >= 4 is 28.4 Å². The van der Waals surface area contributed by atoms with Gasteiger partial charge in [-0.15, -0.1) is 11.3 Å². The van der Waals surface area contributed by atoms with Gasteiger partial charge in [-0.25, -0.2) is 4.98 Å². The van der Waals surface area contributed by atoms with Crippen LogP contribution in [0.3, 0.4) is 0 Å². The number of thiophene rings is 1. The van der Waals surface area contributed by atoms with Crippen molar-refractivity contribution in [1.82, 2.24) is 19.5 Å². The lowest BCUT2D eigenvalue weighted by Gasteiger charge is -2.16. The van der Waals surface area contributed by atoms with Crippen molar-refractivity contribution in [2.45, 2.75) is 31.1 Å². The number of rotatable bonds is 5. The molecule has 4 heterocycles. The fourth-order valence-corrected chi connectivity index (χ4v) is 3.45. The number of aliphatic hydroxyl groups excluding tert-OH is 3. The number of aromatic nitrogens is 4. The minimum atomic E-state index is -1.25. The summed E-state index contributed by atoms with van der Waals surface area (Å²) in [5, 5.41) is 31.4. The molecule has 10 nitrogen and oxygen atoms in total. The summed E-state index contributed by atoms with van der Waals surface area (Å²) in [4.78, 5) is 13.5. The summed E-state index contributed by atoms with van der Waals surface area (Å²) in [6.07, 6.45) is -2.95. The second-order valence-electron chi connectivity index (χ2n) is 5.81. The van der Waals surface area contributed by atoms with Gasteiger partial charge < -0.3 is 30.5 Å². The van der Waals surface area contributed by atoms with Crippen LogP contribution in [0, 0.1) is 0 Å². The van der Waals surface area contributed by atoms with E-state index in [2.05, 4.69) is 15.0 Å². The van der Waals surface area contributed by atoms with Gasteiger partial charge in [-0.2, -0.15) is 9.97 Å². The highest BCUT2D eigenvalue weighted by Crippen LogP contribution is 2.33. The minimum absolute atomic E-state index is 0.0211. The van der Waals surface area contributed by atoms with E-state index >= 15 is 0 Å². The number of fused-ring (bicyclic) bond motifs is 1. The van der Waals surface area contributed by atoms with E-state index in [0.717, 1.165) is 4.88 Å². The summed E-state index contributed by atoms with van der Waals surface area (Å²) in [5.74, 6) is 0.193. The molecule has 0 radical (unpaired) electrons. The summed E-state index contributed by atoms with van der Waals surface area (Å²) in [6, 6.07) is 3.86. The molecule has 138 valence electrons. The lowest BCUT2D eigenvalue weighted by Crippen LogP contribution is -2.33. The van der Waals surface area contributed by atoms with E-state index in [1.807, 2.05) is 17.5 Å². The molecule has 5 N–H and O–H groups in total. The van der Waals surface area contributed by atoms with Crippen molar-refractivity contribution in [2.24, 2.45) is 0 Å². The third-order valence-corrected chi connectivity index (χ3v) is 4.98. The third kappa shape index (κ3) is 2.89. The Morgan fingerprint density at radius 2 is 2.15 bits per heavy atom. The van der Waals surface area contributed by atoms with Crippen molar-refractivity contribution in [1.29, 1.82) is 0 Å². The number of hydrogen-bond donors (Lipinski definition) is 4. The molecule has 3 aromatic heterocycles.